The van der Waals surface area contributed by atoms with Gasteiger partial charge < -0.3 is 15.6 Å². The number of hydrogen-bond acceptors (Lipinski definition) is 4. The number of nitrogen functional groups attached to an aromatic ring is 1. The van der Waals surface area contributed by atoms with E-state index in [0.717, 1.165) is 11.1 Å². The third-order valence-electron chi connectivity index (χ3n) is 3.23. The van der Waals surface area contributed by atoms with E-state index >= 15 is 0 Å². The minimum Gasteiger partial charge on any atom is -0.478 e. The van der Waals surface area contributed by atoms with Gasteiger partial charge in [0, 0.05) is 6.07 Å². The fourth-order valence-electron chi connectivity index (χ4n) is 1.89. The lowest BCUT2D eigenvalue weighted by Gasteiger charge is -2.12. The van der Waals surface area contributed by atoms with E-state index in [1.807, 2.05) is 25.1 Å². The minimum atomic E-state index is -1.10. The maximum Gasteiger partial charge on any atom is 0.338 e. The van der Waals surface area contributed by atoms with Crippen molar-refractivity contribution < 1.29 is 14.6 Å². The zero-order valence-corrected chi connectivity index (χ0v) is 12.3. The normalized spacial score (nSPS) is 10.7. The molecule has 5 heteroatoms. The number of hydrogen-bond donors (Lipinski definition) is 2. The molecule has 0 radical (unpaired) electrons. The van der Waals surface area contributed by atoms with Crippen molar-refractivity contribution in [3.63, 3.8) is 0 Å². The van der Waals surface area contributed by atoms with Crippen LogP contribution in [0.2, 0.25) is 0 Å². The predicted octanol–water partition coefficient (Wildman–Crippen LogP) is 3.59. The predicted molar refractivity (Wildman–Crippen MR) is 81.0 cm³/mol. The van der Waals surface area contributed by atoms with Crippen molar-refractivity contribution in [3.05, 3.63) is 47.2 Å². The second-order valence-electron chi connectivity index (χ2n) is 5.20. The van der Waals surface area contributed by atoms with Crippen LogP contribution in [0, 0.1) is 6.92 Å². The number of aryl methyl sites for hydroxylation is 1. The van der Waals surface area contributed by atoms with Gasteiger partial charge in [0.25, 0.3) is 0 Å². The summed E-state index contributed by atoms with van der Waals surface area (Å²) in [4.78, 5) is 15.1. The van der Waals surface area contributed by atoms with Gasteiger partial charge in [0.05, 0.1) is 17.4 Å². The maximum atomic E-state index is 11.1. The molecule has 21 heavy (non-hydrogen) atoms. The summed E-state index contributed by atoms with van der Waals surface area (Å²) >= 11 is 0. The SMILES string of the molecule is Cc1ccc(C(C)C)cc1Oc1cc(C(=O)O)c(N)cn1. The number of benzene rings is 1. The molecule has 2 aromatic rings. The molecule has 0 aliphatic rings. The summed E-state index contributed by atoms with van der Waals surface area (Å²) in [5.41, 5.74) is 7.77. The molecule has 0 spiro atoms. The van der Waals surface area contributed by atoms with E-state index in [-0.39, 0.29) is 17.1 Å². The average molecular weight is 286 g/mol. The topological polar surface area (TPSA) is 85.4 Å². The Kier molecular flexibility index (Phi) is 4.12. The summed E-state index contributed by atoms with van der Waals surface area (Å²) in [6.45, 7) is 6.12. The number of carboxylic acid groups (broad SMARTS) is 1. The Hall–Kier alpha value is -2.56. The Morgan fingerprint density at radius 1 is 1.33 bits per heavy atom. The largest absolute Gasteiger partial charge is 0.478 e. The average Bonchev–Trinajstić information content (AvgIpc) is 2.42. The molecule has 0 aliphatic heterocycles. The molecule has 0 amide bonds. The summed E-state index contributed by atoms with van der Waals surface area (Å²) in [5.74, 6) is 0.148. The molecule has 1 heterocycles. The van der Waals surface area contributed by atoms with Gasteiger partial charge in [0.1, 0.15) is 5.75 Å². The van der Waals surface area contributed by atoms with E-state index in [4.69, 9.17) is 15.6 Å². The van der Waals surface area contributed by atoms with E-state index < -0.39 is 5.97 Å². The third-order valence-corrected chi connectivity index (χ3v) is 3.23. The molecule has 0 aliphatic carbocycles. The van der Waals surface area contributed by atoms with Gasteiger partial charge in [-0.1, -0.05) is 26.0 Å². The molecule has 1 aromatic heterocycles. The number of rotatable bonds is 4. The zero-order chi connectivity index (χ0) is 15.6. The van der Waals surface area contributed by atoms with Gasteiger partial charge >= 0.3 is 5.97 Å². The molecule has 0 bridgehead atoms. The highest BCUT2D eigenvalue weighted by Gasteiger charge is 2.12. The fraction of sp³-hybridized carbons (Fsp3) is 0.250. The van der Waals surface area contributed by atoms with Gasteiger partial charge in [-0.05, 0) is 30.0 Å². The van der Waals surface area contributed by atoms with Crippen LogP contribution in [0.15, 0.2) is 30.5 Å². The Balaban J connectivity index is 2.36. The van der Waals surface area contributed by atoms with Crippen molar-refractivity contribution in [2.24, 2.45) is 0 Å². The van der Waals surface area contributed by atoms with Gasteiger partial charge in [0.15, 0.2) is 0 Å². The van der Waals surface area contributed by atoms with Gasteiger partial charge in [-0.25, -0.2) is 9.78 Å². The van der Waals surface area contributed by atoms with Gasteiger partial charge in [-0.15, -0.1) is 0 Å². The van der Waals surface area contributed by atoms with Crippen LogP contribution in [0.3, 0.4) is 0 Å². The molecule has 2 rings (SSSR count). The lowest BCUT2D eigenvalue weighted by Crippen LogP contribution is -2.04. The highest BCUT2D eigenvalue weighted by molar-refractivity contribution is 5.93. The molecule has 3 N–H and O–H groups in total. The zero-order valence-electron chi connectivity index (χ0n) is 12.3. The van der Waals surface area contributed by atoms with Crippen molar-refractivity contribution >= 4 is 11.7 Å². The Morgan fingerprint density at radius 2 is 2.05 bits per heavy atom. The van der Waals surface area contributed by atoms with Crippen LogP contribution >= 0.6 is 0 Å². The molecule has 110 valence electrons. The number of carbonyl (C=O) groups is 1. The van der Waals surface area contributed by atoms with Crippen LogP contribution in [0.25, 0.3) is 0 Å². The van der Waals surface area contributed by atoms with Crippen molar-refractivity contribution in [2.45, 2.75) is 26.7 Å². The van der Waals surface area contributed by atoms with Crippen LogP contribution in [-0.4, -0.2) is 16.1 Å². The van der Waals surface area contributed by atoms with E-state index in [2.05, 4.69) is 18.8 Å². The first-order valence-corrected chi connectivity index (χ1v) is 6.65. The number of aromatic nitrogens is 1. The Morgan fingerprint density at radius 3 is 2.67 bits per heavy atom. The third kappa shape index (κ3) is 3.31. The number of pyridine rings is 1. The highest BCUT2D eigenvalue weighted by Crippen LogP contribution is 2.29. The van der Waals surface area contributed by atoms with E-state index in [1.54, 1.807) is 0 Å². The van der Waals surface area contributed by atoms with Crippen molar-refractivity contribution in [1.82, 2.24) is 4.98 Å². The molecular weight excluding hydrogens is 268 g/mol. The van der Waals surface area contributed by atoms with Crippen molar-refractivity contribution in [2.75, 3.05) is 5.73 Å². The summed E-state index contributed by atoms with van der Waals surface area (Å²) in [6.07, 6.45) is 1.29. The summed E-state index contributed by atoms with van der Waals surface area (Å²) < 4.78 is 5.72. The highest BCUT2D eigenvalue weighted by atomic mass is 16.5. The van der Waals surface area contributed by atoms with Crippen LogP contribution in [0.5, 0.6) is 11.6 Å². The molecule has 0 fully saturated rings. The first-order valence-electron chi connectivity index (χ1n) is 6.65. The summed E-state index contributed by atoms with van der Waals surface area (Å²) in [7, 11) is 0. The Labute approximate surface area is 123 Å². The van der Waals surface area contributed by atoms with Crippen LogP contribution in [-0.2, 0) is 0 Å². The van der Waals surface area contributed by atoms with Crippen molar-refractivity contribution in [1.29, 1.82) is 0 Å². The molecule has 0 saturated heterocycles. The number of nitrogens with zero attached hydrogens (tertiary/aromatic N) is 1. The number of aromatic carboxylic acids is 1. The number of anilines is 1. The second-order valence-corrected chi connectivity index (χ2v) is 5.20. The first-order chi connectivity index (χ1) is 9.88. The smallest absolute Gasteiger partial charge is 0.338 e. The van der Waals surface area contributed by atoms with Gasteiger partial charge in [-0.2, -0.15) is 0 Å². The molecule has 0 saturated carbocycles. The van der Waals surface area contributed by atoms with Crippen LogP contribution in [0.4, 0.5) is 5.69 Å². The standard InChI is InChI=1S/C16H18N2O3/c1-9(2)11-5-4-10(3)14(6-11)21-15-7-12(16(19)20)13(17)8-18-15/h4-9H,17H2,1-3H3,(H,19,20). The maximum absolute atomic E-state index is 11.1. The first kappa shape index (κ1) is 14.8. The molecule has 0 unspecified atom stereocenters. The number of ether oxygens (including phenoxy) is 1. The van der Waals surface area contributed by atoms with Crippen LogP contribution < -0.4 is 10.5 Å². The molecule has 1 aromatic carbocycles. The lowest BCUT2D eigenvalue weighted by molar-refractivity contribution is 0.0697. The van der Waals surface area contributed by atoms with Gasteiger partial charge in [0.2, 0.25) is 5.88 Å². The monoisotopic (exact) mass is 286 g/mol. The quantitative estimate of drug-likeness (QED) is 0.897. The summed E-state index contributed by atoms with van der Waals surface area (Å²) in [6, 6.07) is 7.30. The van der Waals surface area contributed by atoms with Gasteiger partial charge in [-0.3, -0.25) is 0 Å². The molecule has 5 nitrogen and oxygen atoms in total. The van der Waals surface area contributed by atoms with E-state index in [1.165, 1.54) is 12.3 Å². The van der Waals surface area contributed by atoms with Crippen molar-refractivity contribution in [3.8, 4) is 11.6 Å². The molecule has 0 atom stereocenters. The lowest BCUT2D eigenvalue weighted by atomic mass is 10.0. The van der Waals surface area contributed by atoms with E-state index in [0.29, 0.717) is 11.7 Å². The van der Waals surface area contributed by atoms with E-state index in [9.17, 15) is 4.79 Å². The fourth-order valence-corrected chi connectivity index (χ4v) is 1.89. The van der Waals surface area contributed by atoms with Crippen LogP contribution in [0.1, 0.15) is 41.3 Å². The number of carboxylic acids is 1. The second kappa shape index (κ2) is 5.83. The molecular formula is C16H18N2O3. The minimum absolute atomic E-state index is 0.0160. The Bertz CT molecular complexity index is 681. The number of nitrogens with two attached hydrogens (primary N) is 1. The summed E-state index contributed by atoms with van der Waals surface area (Å²) in [5, 5.41) is 9.06.